The minimum Gasteiger partial charge on any atom is -0.496 e. The minimum atomic E-state index is -0.636. The second kappa shape index (κ2) is 17.6. The molecule has 56 heavy (non-hydrogen) atoms. The summed E-state index contributed by atoms with van der Waals surface area (Å²) < 4.78 is 25.9. The Hall–Kier alpha value is -6.03. The van der Waals surface area contributed by atoms with Crippen LogP contribution in [0, 0.1) is 0 Å². The molecule has 1 fully saturated rings. The van der Waals surface area contributed by atoms with Gasteiger partial charge < -0.3 is 39.0 Å². The van der Waals surface area contributed by atoms with Crippen molar-refractivity contribution in [1.29, 1.82) is 0 Å². The van der Waals surface area contributed by atoms with E-state index in [1.54, 1.807) is 63.6 Å². The van der Waals surface area contributed by atoms with Crippen molar-refractivity contribution in [1.82, 2.24) is 29.9 Å². The maximum Gasteiger partial charge on any atom is 0.276 e. The molecule has 1 unspecified atom stereocenters. The van der Waals surface area contributed by atoms with Crippen molar-refractivity contribution in [3.63, 3.8) is 0 Å². The Morgan fingerprint density at radius 2 is 1.64 bits per heavy atom. The summed E-state index contributed by atoms with van der Waals surface area (Å²) in [6.07, 6.45) is 5.21. The molecule has 6 rings (SSSR count). The molecule has 2 aromatic heterocycles. The van der Waals surface area contributed by atoms with Crippen molar-refractivity contribution >= 4 is 40.2 Å². The molecule has 296 valence electrons. The minimum absolute atomic E-state index is 0.109. The Labute approximate surface area is 323 Å². The Morgan fingerprint density at radius 3 is 2.34 bits per heavy atom. The summed E-state index contributed by atoms with van der Waals surface area (Å²) in [6, 6.07) is 8.17. The number of carbonyl (C=O) groups is 5. The van der Waals surface area contributed by atoms with Crippen LogP contribution in [0.1, 0.15) is 53.6 Å². The molecule has 1 saturated carbocycles. The molecule has 1 atom stereocenters. The molecular formula is C40H46N6O10. The van der Waals surface area contributed by atoms with Crippen molar-refractivity contribution in [3.05, 3.63) is 69.8 Å². The molecule has 2 N–H and O–H groups in total. The summed E-state index contributed by atoms with van der Waals surface area (Å²) in [5.41, 5.74) is 3.83. The van der Waals surface area contributed by atoms with Crippen LogP contribution < -0.4 is 30.4 Å². The molecule has 0 spiro atoms. The molecule has 3 heterocycles. The Kier molecular flexibility index (Phi) is 12.5. The SMILES string of the molecule is COc1cc(-c2cn(C)c(=O)c3c2cnn3C)cc(OC)c1CCCC(=O)NCCOCCNC(=O)COc1cccc2c1CN(C1CCC(=O)CC1=O)C2=O. The van der Waals surface area contributed by atoms with E-state index in [-0.39, 0.29) is 87.0 Å². The number of hydrogen-bond acceptors (Lipinski definition) is 11. The van der Waals surface area contributed by atoms with Crippen LogP contribution in [0.15, 0.2) is 47.5 Å². The number of amides is 3. The Bertz CT molecular complexity index is 2200. The van der Waals surface area contributed by atoms with E-state index in [0.29, 0.717) is 59.7 Å². The topological polar surface area (TPSA) is 189 Å². The first-order chi connectivity index (χ1) is 27.0. The Balaban J connectivity index is 0.889. The lowest BCUT2D eigenvalue weighted by Gasteiger charge is -2.29. The standard InChI is InChI=1S/C40H46N6O10/c1-44-21-29(28-20-43-45(2)38(28)40(44)52)24-17-34(53-3)27(35(18-24)54-4)8-6-10-36(49)41-13-15-55-16-14-42-37(50)23-56-33-9-5-7-26-30(33)22-46(39(26)51)31-12-11-25(47)19-32(31)48/h5,7,9,17-18,20-21,31H,6,8,10-16,19,22-23H2,1-4H3,(H,41,49)(H,42,50). The van der Waals surface area contributed by atoms with Crippen LogP contribution in [0.4, 0.5) is 0 Å². The lowest BCUT2D eigenvalue weighted by molar-refractivity contribution is -0.133. The normalized spacial score (nSPS) is 15.2. The van der Waals surface area contributed by atoms with Gasteiger partial charge in [0.05, 0.1) is 52.6 Å². The predicted octanol–water partition coefficient (Wildman–Crippen LogP) is 2.25. The van der Waals surface area contributed by atoms with Crippen LogP contribution >= 0.6 is 0 Å². The second-order valence-electron chi connectivity index (χ2n) is 13.8. The first kappa shape index (κ1) is 39.7. The lowest BCUT2D eigenvalue weighted by atomic mass is 9.92. The number of fused-ring (bicyclic) bond motifs is 2. The van der Waals surface area contributed by atoms with Crippen molar-refractivity contribution in [2.45, 2.75) is 51.1 Å². The number of rotatable bonds is 17. The number of methoxy groups -OCH3 is 2. The van der Waals surface area contributed by atoms with Crippen LogP contribution in [0.25, 0.3) is 22.0 Å². The number of Topliss-reactive ketones (excluding diaryl/α,β-unsaturated/α-hetero) is 2. The van der Waals surface area contributed by atoms with Crippen LogP contribution in [0.5, 0.6) is 17.2 Å². The summed E-state index contributed by atoms with van der Waals surface area (Å²) in [6.45, 7) is 0.922. The first-order valence-electron chi connectivity index (χ1n) is 18.5. The molecule has 4 aromatic rings. The lowest BCUT2D eigenvalue weighted by Crippen LogP contribution is -2.44. The maximum absolute atomic E-state index is 13.0. The summed E-state index contributed by atoms with van der Waals surface area (Å²) in [5.74, 6) is 0.462. The Morgan fingerprint density at radius 1 is 0.929 bits per heavy atom. The van der Waals surface area contributed by atoms with E-state index in [0.717, 1.165) is 22.1 Å². The van der Waals surface area contributed by atoms with Crippen molar-refractivity contribution < 1.29 is 42.9 Å². The molecule has 16 heteroatoms. The van der Waals surface area contributed by atoms with Crippen LogP contribution in [0.3, 0.4) is 0 Å². The third-order valence-electron chi connectivity index (χ3n) is 10.1. The van der Waals surface area contributed by atoms with E-state index in [4.69, 9.17) is 18.9 Å². The third-order valence-corrected chi connectivity index (χ3v) is 10.1. The van der Waals surface area contributed by atoms with Gasteiger partial charge in [0, 0.05) is 73.9 Å². The van der Waals surface area contributed by atoms with Crippen LogP contribution in [-0.4, -0.2) is 102 Å². The largest absolute Gasteiger partial charge is 0.496 e. The number of ketones is 2. The van der Waals surface area contributed by atoms with Gasteiger partial charge in [0.2, 0.25) is 5.91 Å². The average molecular weight is 771 g/mol. The monoisotopic (exact) mass is 770 g/mol. The number of nitrogens with zero attached hydrogens (tertiary/aromatic N) is 4. The number of aryl methyl sites for hydroxylation is 2. The number of aromatic nitrogens is 3. The van der Waals surface area contributed by atoms with Gasteiger partial charge in [-0.1, -0.05) is 6.07 Å². The fourth-order valence-corrected chi connectivity index (χ4v) is 7.23. The average Bonchev–Trinajstić information content (AvgIpc) is 3.74. The number of benzene rings is 2. The molecule has 0 bridgehead atoms. The molecule has 0 radical (unpaired) electrons. The fraction of sp³-hybridized carbons (Fsp3) is 0.425. The van der Waals surface area contributed by atoms with Gasteiger partial charge in [-0.05, 0) is 49.1 Å². The zero-order valence-electron chi connectivity index (χ0n) is 32.0. The molecule has 0 saturated heterocycles. The summed E-state index contributed by atoms with van der Waals surface area (Å²) in [5, 5.41) is 10.6. The second-order valence-corrected chi connectivity index (χ2v) is 13.8. The van der Waals surface area contributed by atoms with E-state index in [2.05, 4.69) is 15.7 Å². The van der Waals surface area contributed by atoms with Gasteiger partial charge in [-0.25, -0.2) is 0 Å². The summed E-state index contributed by atoms with van der Waals surface area (Å²) in [7, 11) is 6.59. The number of nitrogens with one attached hydrogen (secondary N) is 2. The quantitative estimate of drug-likeness (QED) is 0.118. The summed E-state index contributed by atoms with van der Waals surface area (Å²) in [4.78, 5) is 76.4. The highest BCUT2D eigenvalue weighted by Crippen LogP contribution is 2.38. The van der Waals surface area contributed by atoms with Crippen LogP contribution in [-0.2, 0) is 51.0 Å². The molecule has 1 aliphatic heterocycles. The van der Waals surface area contributed by atoms with E-state index < -0.39 is 6.04 Å². The van der Waals surface area contributed by atoms with Gasteiger partial charge in [-0.15, -0.1) is 0 Å². The highest BCUT2D eigenvalue weighted by atomic mass is 16.5. The smallest absolute Gasteiger partial charge is 0.276 e. The van der Waals surface area contributed by atoms with E-state index in [9.17, 15) is 28.8 Å². The molecule has 2 aromatic carbocycles. The van der Waals surface area contributed by atoms with E-state index in [1.807, 2.05) is 12.1 Å². The van der Waals surface area contributed by atoms with E-state index in [1.165, 1.54) is 9.47 Å². The number of ether oxygens (including phenoxy) is 4. The third kappa shape index (κ3) is 8.59. The molecular weight excluding hydrogens is 724 g/mol. The van der Waals surface area contributed by atoms with Crippen molar-refractivity contribution in [2.24, 2.45) is 14.1 Å². The van der Waals surface area contributed by atoms with Gasteiger partial charge in [0.25, 0.3) is 17.4 Å². The maximum atomic E-state index is 13.0. The molecule has 1 aliphatic carbocycles. The zero-order valence-corrected chi connectivity index (χ0v) is 32.0. The fourth-order valence-electron chi connectivity index (χ4n) is 7.23. The van der Waals surface area contributed by atoms with E-state index >= 15 is 0 Å². The molecule has 2 aliphatic rings. The zero-order chi connectivity index (χ0) is 39.9. The number of hydrogen-bond donors (Lipinski definition) is 2. The number of carbonyl (C=O) groups excluding carboxylic acids is 5. The highest BCUT2D eigenvalue weighted by molar-refractivity contribution is 6.07. The van der Waals surface area contributed by atoms with Gasteiger partial charge in [0.15, 0.2) is 12.4 Å². The molecule has 16 nitrogen and oxygen atoms in total. The van der Waals surface area contributed by atoms with Gasteiger partial charge >= 0.3 is 0 Å². The number of pyridine rings is 1. The van der Waals surface area contributed by atoms with Crippen molar-refractivity contribution in [2.75, 3.05) is 47.1 Å². The van der Waals surface area contributed by atoms with Gasteiger partial charge in [0.1, 0.15) is 28.5 Å². The van der Waals surface area contributed by atoms with Gasteiger partial charge in [-0.3, -0.25) is 33.4 Å². The first-order valence-corrected chi connectivity index (χ1v) is 18.5. The molecule has 3 amide bonds. The van der Waals surface area contributed by atoms with Crippen molar-refractivity contribution in [3.8, 4) is 28.4 Å². The van der Waals surface area contributed by atoms with Gasteiger partial charge in [-0.2, -0.15) is 5.10 Å². The predicted molar refractivity (Wildman–Crippen MR) is 204 cm³/mol. The van der Waals surface area contributed by atoms with Crippen LogP contribution in [0.2, 0.25) is 0 Å². The highest BCUT2D eigenvalue weighted by Gasteiger charge is 2.40. The summed E-state index contributed by atoms with van der Waals surface area (Å²) >= 11 is 0.